The van der Waals surface area contributed by atoms with E-state index < -0.39 is 0 Å². The highest BCUT2D eigenvalue weighted by molar-refractivity contribution is 5.94. The number of nitrogens with one attached hydrogen (secondary N) is 1. The highest BCUT2D eigenvalue weighted by Crippen LogP contribution is 2.46. The van der Waals surface area contributed by atoms with Crippen molar-refractivity contribution >= 4 is 5.71 Å². The largest absolute Gasteiger partial charge is 0.315 e. The van der Waals surface area contributed by atoms with Crippen molar-refractivity contribution in [3.05, 3.63) is 35.5 Å². The summed E-state index contributed by atoms with van der Waals surface area (Å²) in [5.74, 6) is 0. The Bertz CT molecular complexity index is 406. The van der Waals surface area contributed by atoms with Crippen molar-refractivity contribution in [2.75, 3.05) is 20.1 Å². The Morgan fingerprint density at radius 2 is 2.12 bits per heavy atom. The molecule has 1 saturated heterocycles. The first-order valence-corrected chi connectivity index (χ1v) is 5.80. The number of nitrogens with zero attached hydrogens (tertiary/aromatic N) is 1. The quantitative estimate of drug-likeness (QED) is 0.569. The molecule has 2 rings (SSSR count). The van der Waals surface area contributed by atoms with Crippen LogP contribution in [0.5, 0.6) is 0 Å². The van der Waals surface area contributed by atoms with Crippen LogP contribution in [0.1, 0.15) is 20.3 Å². The first-order valence-electron chi connectivity index (χ1n) is 5.80. The molecule has 0 aromatic rings. The minimum Gasteiger partial charge on any atom is -0.315 e. The molecule has 0 radical (unpaired) electrons. The second-order valence-corrected chi connectivity index (χ2v) is 5.02. The van der Waals surface area contributed by atoms with Crippen molar-refractivity contribution in [3.63, 3.8) is 0 Å². The molecule has 1 N–H and O–H groups in total. The summed E-state index contributed by atoms with van der Waals surface area (Å²) in [5, 5.41) is 3.33. The molecular weight excluding hydrogens is 196 g/mol. The molecule has 1 heterocycles. The number of aliphatic imine (C=N–C) groups is 1. The summed E-state index contributed by atoms with van der Waals surface area (Å²) in [6.45, 7) is 10.4. The van der Waals surface area contributed by atoms with Crippen molar-refractivity contribution < 1.29 is 0 Å². The average Bonchev–Trinajstić information content (AvgIpc) is 2.11. The molecule has 0 unspecified atom stereocenters. The molecule has 1 aliphatic heterocycles. The Morgan fingerprint density at radius 3 is 2.50 bits per heavy atom. The number of hydrogen-bond acceptors (Lipinski definition) is 2. The fourth-order valence-corrected chi connectivity index (χ4v) is 2.33. The van der Waals surface area contributed by atoms with Crippen LogP contribution in [0, 0.1) is 5.41 Å². The normalized spacial score (nSPS) is 23.6. The van der Waals surface area contributed by atoms with Crippen molar-refractivity contribution in [1.82, 2.24) is 5.32 Å². The van der Waals surface area contributed by atoms with Gasteiger partial charge in [0.2, 0.25) is 0 Å². The van der Waals surface area contributed by atoms with Crippen LogP contribution >= 0.6 is 0 Å². The van der Waals surface area contributed by atoms with Gasteiger partial charge in [0.25, 0.3) is 0 Å². The predicted molar refractivity (Wildman–Crippen MR) is 69.9 cm³/mol. The Balaban J connectivity index is 2.20. The standard InChI is InChI=1S/C14H20N2/c1-10(2)13(5-11(3)15-4)12-6-14(7-12)8-16-9-14/h5-6,16H,1,7-9H2,2-4H3/b13-5+,15-11?. The molecule has 0 amide bonds. The van der Waals surface area contributed by atoms with Crippen LogP contribution in [-0.4, -0.2) is 25.8 Å². The predicted octanol–water partition coefficient (Wildman–Crippen LogP) is 2.50. The molecule has 0 aromatic heterocycles. The van der Waals surface area contributed by atoms with Crippen molar-refractivity contribution in [1.29, 1.82) is 0 Å². The van der Waals surface area contributed by atoms with Crippen LogP contribution in [0.15, 0.2) is 40.4 Å². The summed E-state index contributed by atoms with van der Waals surface area (Å²) in [6.07, 6.45) is 5.75. The fourth-order valence-electron chi connectivity index (χ4n) is 2.33. The molecule has 16 heavy (non-hydrogen) atoms. The van der Waals surface area contributed by atoms with Crippen LogP contribution < -0.4 is 5.32 Å². The van der Waals surface area contributed by atoms with Gasteiger partial charge in [-0.2, -0.15) is 0 Å². The summed E-state index contributed by atoms with van der Waals surface area (Å²) in [4.78, 5) is 4.18. The van der Waals surface area contributed by atoms with E-state index in [0.717, 1.165) is 24.4 Å². The van der Waals surface area contributed by atoms with E-state index in [1.54, 1.807) is 0 Å². The lowest BCUT2D eigenvalue weighted by molar-refractivity contribution is 0.209. The average molecular weight is 216 g/mol. The Labute approximate surface area is 97.8 Å². The minimum absolute atomic E-state index is 0.473. The molecule has 1 aliphatic carbocycles. The smallest absolute Gasteiger partial charge is 0.0320 e. The number of allylic oxidation sites excluding steroid dienone is 4. The highest BCUT2D eigenvalue weighted by atomic mass is 15.0. The summed E-state index contributed by atoms with van der Waals surface area (Å²) in [7, 11) is 1.83. The number of hydrogen-bond donors (Lipinski definition) is 1. The van der Waals surface area contributed by atoms with Crippen LogP contribution in [-0.2, 0) is 0 Å². The molecule has 1 spiro atoms. The maximum atomic E-state index is 4.18. The lowest BCUT2D eigenvalue weighted by atomic mass is 9.64. The number of rotatable bonds is 3. The first-order chi connectivity index (χ1) is 7.56. The third-order valence-electron chi connectivity index (χ3n) is 3.49. The summed E-state index contributed by atoms with van der Waals surface area (Å²) in [5.41, 5.74) is 5.39. The van der Waals surface area contributed by atoms with Gasteiger partial charge in [-0.1, -0.05) is 18.2 Å². The van der Waals surface area contributed by atoms with Gasteiger partial charge < -0.3 is 5.32 Å². The van der Waals surface area contributed by atoms with Crippen molar-refractivity contribution in [3.8, 4) is 0 Å². The van der Waals surface area contributed by atoms with Gasteiger partial charge in [-0.15, -0.1) is 0 Å². The SMILES string of the molecule is C=C(C)/C(=C\C(C)=NC)C1=CC2(CNC2)C1. The van der Waals surface area contributed by atoms with Gasteiger partial charge in [-0.25, -0.2) is 0 Å². The van der Waals surface area contributed by atoms with Crippen LogP contribution in [0.25, 0.3) is 0 Å². The molecule has 0 aromatic carbocycles. The lowest BCUT2D eigenvalue weighted by Gasteiger charge is -2.48. The monoisotopic (exact) mass is 216 g/mol. The molecule has 2 nitrogen and oxygen atoms in total. The van der Waals surface area contributed by atoms with E-state index >= 15 is 0 Å². The van der Waals surface area contributed by atoms with E-state index in [4.69, 9.17) is 0 Å². The van der Waals surface area contributed by atoms with Crippen molar-refractivity contribution in [2.45, 2.75) is 20.3 Å². The molecule has 2 aliphatic rings. The van der Waals surface area contributed by atoms with Crippen LogP contribution in [0.2, 0.25) is 0 Å². The third kappa shape index (κ3) is 1.90. The van der Waals surface area contributed by atoms with Gasteiger partial charge in [-0.3, -0.25) is 4.99 Å². The lowest BCUT2D eigenvalue weighted by Crippen LogP contribution is -2.55. The van der Waals surface area contributed by atoms with E-state index in [-0.39, 0.29) is 0 Å². The van der Waals surface area contributed by atoms with Gasteiger partial charge in [0.05, 0.1) is 0 Å². The minimum atomic E-state index is 0.473. The Hall–Kier alpha value is -1.15. The molecule has 0 saturated carbocycles. The van der Waals surface area contributed by atoms with Crippen LogP contribution in [0.3, 0.4) is 0 Å². The fraction of sp³-hybridized carbons (Fsp3) is 0.500. The third-order valence-corrected chi connectivity index (χ3v) is 3.49. The first kappa shape index (κ1) is 11.3. The van der Waals surface area contributed by atoms with E-state index in [9.17, 15) is 0 Å². The maximum Gasteiger partial charge on any atom is 0.0320 e. The zero-order valence-electron chi connectivity index (χ0n) is 10.4. The zero-order chi connectivity index (χ0) is 11.8. The Kier molecular flexibility index (Phi) is 2.85. The second kappa shape index (κ2) is 4.02. The molecule has 1 fully saturated rings. The van der Waals surface area contributed by atoms with E-state index in [1.807, 2.05) is 14.0 Å². The molecule has 0 bridgehead atoms. The van der Waals surface area contributed by atoms with Crippen LogP contribution in [0.4, 0.5) is 0 Å². The molecular formula is C14H20N2. The Morgan fingerprint density at radius 1 is 1.50 bits per heavy atom. The molecule has 2 heteroatoms. The zero-order valence-corrected chi connectivity index (χ0v) is 10.4. The van der Waals surface area contributed by atoms with Gasteiger partial charge in [0, 0.05) is 31.3 Å². The van der Waals surface area contributed by atoms with Gasteiger partial charge in [0.1, 0.15) is 0 Å². The molecule has 86 valence electrons. The van der Waals surface area contributed by atoms with Gasteiger partial charge in [0.15, 0.2) is 0 Å². The summed E-state index contributed by atoms with van der Waals surface area (Å²) < 4.78 is 0. The topological polar surface area (TPSA) is 24.4 Å². The van der Waals surface area contributed by atoms with E-state index in [0.29, 0.717) is 5.41 Å². The second-order valence-electron chi connectivity index (χ2n) is 5.02. The van der Waals surface area contributed by atoms with E-state index in [1.165, 1.54) is 17.6 Å². The maximum absolute atomic E-state index is 4.18. The van der Waals surface area contributed by atoms with E-state index in [2.05, 4.69) is 36.0 Å². The summed E-state index contributed by atoms with van der Waals surface area (Å²) in [6, 6.07) is 0. The highest BCUT2D eigenvalue weighted by Gasteiger charge is 2.42. The molecule has 0 atom stereocenters. The van der Waals surface area contributed by atoms with Gasteiger partial charge in [-0.05, 0) is 37.5 Å². The summed E-state index contributed by atoms with van der Waals surface area (Å²) >= 11 is 0. The van der Waals surface area contributed by atoms with Gasteiger partial charge >= 0.3 is 0 Å². The van der Waals surface area contributed by atoms with Crippen molar-refractivity contribution in [2.24, 2.45) is 10.4 Å².